The molecule has 0 aliphatic carbocycles. The van der Waals surface area contributed by atoms with Gasteiger partial charge < -0.3 is 4.74 Å². The molecule has 1 fully saturated rings. The van der Waals surface area contributed by atoms with Crippen molar-refractivity contribution >= 4 is 6.72 Å². The molecule has 22 heavy (non-hydrogen) atoms. The molecule has 0 amide bonds. The zero-order chi connectivity index (χ0) is 15.2. The summed E-state index contributed by atoms with van der Waals surface area (Å²) in [5.74, 6) is 0. The maximum atomic E-state index is 6.30. The molecular weight excluding hydrogens is 272 g/mol. The van der Waals surface area contributed by atoms with Crippen molar-refractivity contribution in [2.24, 2.45) is 5.10 Å². The Morgan fingerprint density at radius 3 is 2.18 bits per heavy atom. The van der Waals surface area contributed by atoms with Gasteiger partial charge in [0.2, 0.25) is 0 Å². The van der Waals surface area contributed by atoms with Gasteiger partial charge in [-0.05, 0) is 24.0 Å². The smallest absolute Gasteiger partial charge is 0.108 e. The second-order valence-corrected chi connectivity index (χ2v) is 5.64. The molecule has 0 spiro atoms. The van der Waals surface area contributed by atoms with Gasteiger partial charge in [-0.25, -0.2) is 0 Å². The van der Waals surface area contributed by atoms with E-state index in [1.165, 1.54) is 11.1 Å². The Morgan fingerprint density at radius 2 is 1.64 bits per heavy atom. The van der Waals surface area contributed by atoms with Gasteiger partial charge in [-0.15, -0.1) is 0 Å². The molecule has 1 heterocycles. The summed E-state index contributed by atoms with van der Waals surface area (Å²) in [6.07, 6.45) is 2.25. The topological polar surface area (TPSA) is 24.8 Å². The minimum absolute atomic E-state index is 0.0327. The summed E-state index contributed by atoms with van der Waals surface area (Å²) in [4.78, 5) is 0. The number of hydrogen-bond donors (Lipinski definition) is 0. The highest BCUT2D eigenvalue weighted by molar-refractivity contribution is 5.29. The summed E-state index contributed by atoms with van der Waals surface area (Å²) in [6.45, 7) is 5.32. The summed E-state index contributed by atoms with van der Waals surface area (Å²) in [5, 5.41) is 6.14. The zero-order valence-corrected chi connectivity index (χ0v) is 12.8. The molecule has 1 atom stereocenters. The number of hydrazone groups is 1. The molecule has 1 saturated heterocycles. The van der Waals surface area contributed by atoms with Crippen LogP contribution in [0.4, 0.5) is 0 Å². The fourth-order valence-corrected chi connectivity index (χ4v) is 3.02. The minimum atomic E-state index is -0.0327. The van der Waals surface area contributed by atoms with Gasteiger partial charge >= 0.3 is 0 Å². The average Bonchev–Trinajstić information content (AvgIpc) is 3.05. The van der Waals surface area contributed by atoms with Crippen LogP contribution >= 0.6 is 0 Å². The van der Waals surface area contributed by atoms with E-state index in [9.17, 15) is 0 Å². The second kappa shape index (κ2) is 7.23. The van der Waals surface area contributed by atoms with Crippen LogP contribution in [0.2, 0.25) is 0 Å². The van der Waals surface area contributed by atoms with Crippen LogP contribution in [0, 0.1) is 0 Å². The van der Waals surface area contributed by atoms with E-state index in [0.717, 1.165) is 19.4 Å². The van der Waals surface area contributed by atoms with Gasteiger partial charge in [0.15, 0.2) is 0 Å². The first kappa shape index (κ1) is 14.8. The fourth-order valence-electron chi connectivity index (χ4n) is 3.02. The van der Waals surface area contributed by atoms with Crippen molar-refractivity contribution in [1.82, 2.24) is 5.01 Å². The molecule has 1 aliphatic heterocycles. The number of rotatable bonds is 6. The number of benzene rings is 2. The maximum Gasteiger partial charge on any atom is 0.108 e. The first-order valence-corrected chi connectivity index (χ1v) is 7.83. The third-order valence-corrected chi connectivity index (χ3v) is 4.19. The lowest BCUT2D eigenvalue weighted by molar-refractivity contribution is 0.0388. The molecule has 1 aliphatic rings. The average molecular weight is 294 g/mol. The highest BCUT2D eigenvalue weighted by Crippen LogP contribution is 2.27. The third kappa shape index (κ3) is 3.37. The summed E-state index contributed by atoms with van der Waals surface area (Å²) in [5.41, 5.74) is 2.37. The first-order valence-electron chi connectivity index (χ1n) is 7.83. The van der Waals surface area contributed by atoms with Gasteiger partial charge in [-0.3, -0.25) is 5.01 Å². The lowest BCUT2D eigenvalue weighted by Crippen LogP contribution is -2.29. The van der Waals surface area contributed by atoms with Gasteiger partial charge in [0.05, 0.1) is 12.6 Å². The Balaban J connectivity index is 1.76. The molecule has 0 N–H and O–H groups in total. The molecular formula is C19H22N2O. The quantitative estimate of drug-likeness (QED) is 0.755. The maximum absolute atomic E-state index is 6.30. The summed E-state index contributed by atoms with van der Waals surface area (Å²) < 4.78 is 6.30. The van der Waals surface area contributed by atoms with E-state index >= 15 is 0 Å². The highest BCUT2D eigenvalue weighted by Gasteiger charge is 2.25. The Labute approximate surface area is 132 Å². The Bertz CT molecular complexity index is 545. The summed E-state index contributed by atoms with van der Waals surface area (Å²) in [6, 6.07) is 21.1. The van der Waals surface area contributed by atoms with Crippen LogP contribution in [-0.2, 0) is 4.74 Å². The molecule has 0 saturated carbocycles. The fraction of sp³-hybridized carbons (Fsp3) is 0.316. The molecule has 3 heteroatoms. The lowest BCUT2D eigenvalue weighted by Gasteiger charge is -2.25. The normalized spacial score (nSPS) is 17.9. The van der Waals surface area contributed by atoms with Crippen molar-refractivity contribution in [3.63, 3.8) is 0 Å². The molecule has 0 radical (unpaired) electrons. The highest BCUT2D eigenvalue weighted by atomic mass is 16.5. The van der Waals surface area contributed by atoms with Gasteiger partial charge in [-0.2, -0.15) is 5.10 Å². The van der Waals surface area contributed by atoms with Crippen molar-refractivity contribution in [1.29, 1.82) is 0 Å². The number of nitrogens with zero attached hydrogens (tertiary/aromatic N) is 2. The van der Waals surface area contributed by atoms with E-state index in [0.29, 0.717) is 12.6 Å². The predicted molar refractivity (Wildman–Crippen MR) is 90.0 cm³/mol. The molecule has 3 rings (SSSR count). The third-order valence-electron chi connectivity index (χ3n) is 4.19. The van der Waals surface area contributed by atoms with Gasteiger partial charge in [0.1, 0.15) is 6.10 Å². The van der Waals surface area contributed by atoms with E-state index in [4.69, 9.17) is 4.74 Å². The van der Waals surface area contributed by atoms with Crippen LogP contribution in [0.25, 0.3) is 0 Å². The number of hydrogen-bond acceptors (Lipinski definition) is 3. The molecule has 114 valence electrons. The van der Waals surface area contributed by atoms with Crippen molar-refractivity contribution in [2.75, 3.05) is 13.2 Å². The van der Waals surface area contributed by atoms with E-state index in [1.807, 2.05) is 17.1 Å². The molecule has 0 unspecified atom stereocenters. The minimum Gasteiger partial charge on any atom is -0.367 e. The molecule has 3 nitrogen and oxygen atoms in total. The summed E-state index contributed by atoms with van der Waals surface area (Å²) in [7, 11) is 0. The zero-order valence-electron chi connectivity index (χ0n) is 12.8. The van der Waals surface area contributed by atoms with Crippen molar-refractivity contribution in [2.45, 2.75) is 25.0 Å². The largest absolute Gasteiger partial charge is 0.367 e. The standard InChI is InChI=1S/C19H22N2O/c1-20-21-14-8-13-18(21)15-22-19(16-9-4-2-5-10-16)17-11-6-3-7-12-17/h2-7,9-12,18-19H,1,8,13-15H2/t18-/m0/s1. The van der Waals surface area contributed by atoms with Crippen LogP contribution < -0.4 is 0 Å². The van der Waals surface area contributed by atoms with Crippen LogP contribution in [0.3, 0.4) is 0 Å². The van der Waals surface area contributed by atoms with Crippen molar-refractivity contribution in [3.8, 4) is 0 Å². The second-order valence-electron chi connectivity index (χ2n) is 5.64. The lowest BCUT2D eigenvalue weighted by atomic mass is 10.0. The Morgan fingerprint density at radius 1 is 1.05 bits per heavy atom. The van der Waals surface area contributed by atoms with E-state index in [2.05, 4.69) is 60.3 Å². The summed E-state index contributed by atoms with van der Waals surface area (Å²) >= 11 is 0. The van der Waals surface area contributed by atoms with Crippen LogP contribution in [-0.4, -0.2) is 30.9 Å². The Kier molecular flexibility index (Phi) is 4.86. The molecule has 0 aromatic heterocycles. The van der Waals surface area contributed by atoms with Gasteiger partial charge in [0.25, 0.3) is 0 Å². The monoisotopic (exact) mass is 294 g/mol. The van der Waals surface area contributed by atoms with Crippen molar-refractivity contribution < 1.29 is 4.74 Å². The van der Waals surface area contributed by atoms with Gasteiger partial charge in [-0.1, -0.05) is 60.7 Å². The molecule has 0 bridgehead atoms. The van der Waals surface area contributed by atoms with Gasteiger partial charge in [0, 0.05) is 13.3 Å². The molecule has 2 aromatic rings. The van der Waals surface area contributed by atoms with Crippen LogP contribution in [0.1, 0.15) is 30.1 Å². The van der Waals surface area contributed by atoms with E-state index < -0.39 is 0 Å². The van der Waals surface area contributed by atoms with Crippen molar-refractivity contribution in [3.05, 3.63) is 71.8 Å². The Hall–Kier alpha value is -2.13. The van der Waals surface area contributed by atoms with Crippen LogP contribution in [0.15, 0.2) is 65.8 Å². The number of ether oxygens (including phenoxy) is 1. The first-order chi connectivity index (χ1) is 10.9. The SMILES string of the molecule is C=NN1CCC[C@H]1COC(c1ccccc1)c1ccccc1. The van der Waals surface area contributed by atoms with E-state index in [-0.39, 0.29) is 6.10 Å². The predicted octanol–water partition coefficient (Wildman–Crippen LogP) is 3.87. The van der Waals surface area contributed by atoms with Crippen LogP contribution in [0.5, 0.6) is 0 Å². The van der Waals surface area contributed by atoms with E-state index in [1.54, 1.807) is 0 Å². The molecule has 2 aromatic carbocycles.